The number of rotatable bonds is 6. The summed E-state index contributed by atoms with van der Waals surface area (Å²) in [6.07, 6.45) is 1.99. The van der Waals surface area contributed by atoms with Crippen molar-refractivity contribution in [1.82, 2.24) is 4.98 Å². The van der Waals surface area contributed by atoms with Crippen LogP contribution in [-0.4, -0.2) is 17.7 Å². The van der Waals surface area contributed by atoms with Crippen LogP contribution in [0.2, 0.25) is 0 Å². The van der Waals surface area contributed by atoms with Crippen LogP contribution in [-0.2, 0) is 17.8 Å². The first-order chi connectivity index (χ1) is 13.7. The molecule has 0 spiro atoms. The van der Waals surface area contributed by atoms with Crippen LogP contribution < -0.4 is 20.1 Å². The number of aromatic nitrogens is 1. The van der Waals surface area contributed by atoms with Gasteiger partial charge in [0.2, 0.25) is 12.7 Å². The van der Waals surface area contributed by atoms with Crippen molar-refractivity contribution in [2.24, 2.45) is 0 Å². The van der Waals surface area contributed by atoms with E-state index >= 15 is 0 Å². The third kappa shape index (κ3) is 4.40. The molecule has 0 bridgehead atoms. The minimum atomic E-state index is -0.0632. The van der Waals surface area contributed by atoms with Crippen LogP contribution in [0.25, 0.3) is 0 Å². The van der Waals surface area contributed by atoms with Crippen LogP contribution in [0.3, 0.4) is 0 Å². The fourth-order valence-corrected chi connectivity index (χ4v) is 2.91. The van der Waals surface area contributed by atoms with E-state index < -0.39 is 0 Å². The summed E-state index contributed by atoms with van der Waals surface area (Å²) >= 11 is 0. The van der Waals surface area contributed by atoms with E-state index in [4.69, 9.17) is 9.47 Å². The van der Waals surface area contributed by atoms with E-state index in [-0.39, 0.29) is 12.7 Å². The molecule has 3 aromatic rings. The predicted molar refractivity (Wildman–Crippen MR) is 108 cm³/mol. The second kappa shape index (κ2) is 8.00. The fraction of sp³-hybridized carbons (Fsp3) is 0.182. The molecule has 6 nitrogen and oxygen atoms in total. The van der Waals surface area contributed by atoms with Gasteiger partial charge in [0.15, 0.2) is 11.5 Å². The van der Waals surface area contributed by atoms with Crippen molar-refractivity contribution in [3.63, 3.8) is 0 Å². The lowest BCUT2D eigenvalue weighted by molar-refractivity contribution is -0.115. The summed E-state index contributed by atoms with van der Waals surface area (Å²) in [5.41, 5.74) is 3.91. The molecule has 142 valence electrons. The van der Waals surface area contributed by atoms with Gasteiger partial charge in [-0.05, 0) is 42.3 Å². The minimum Gasteiger partial charge on any atom is -0.454 e. The summed E-state index contributed by atoms with van der Waals surface area (Å²) in [7, 11) is 0. The lowest BCUT2D eigenvalue weighted by Gasteiger charge is -2.09. The molecule has 28 heavy (non-hydrogen) atoms. The van der Waals surface area contributed by atoms with E-state index in [1.807, 2.05) is 61.5 Å². The molecule has 0 saturated heterocycles. The second-order valence-electron chi connectivity index (χ2n) is 6.68. The molecule has 0 unspecified atom stereocenters. The molecule has 1 aliphatic heterocycles. The molecule has 2 aromatic carbocycles. The van der Waals surface area contributed by atoms with Crippen molar-refractivity contribution in [1.29, 1.82) is 0 Å². The molecule has 2 heterocycles. The number of anilines is 2. The second-order valence-corrected chi connectivity index (χ2v) is 6.68. The molecule has 0 aliphatic carbocycles. The normalized spacial score (nSPS) is 11.9. The molecular weight excluding hydrogens is 354 g/mol. The molecule has 0 radical (unpaired) electrons. The Balaban J connectivity index is 1.29. The number of fused-ring (bicyclic) bond motifs is 1. The van der Waals surface area contributed by atoms with E-state index in [2.05, 4.69) is 15.6 Å². The lowest BCUT2D eigenvalue weighted by atomic mass is 10.1. The van der Waals surface area contributed by atoms with Gasteiger partial charge in [0.1, 0.15) is 5.82 Å². The molecule has 4 rings (SSSR count). The summed E-state index contributed by atoms with van der Waals surface area (Å²) in [6, 6.07) is 17.5. The first-order valence-electron chi connectivity index (χ1n) is 9.09. The van der Waals surface area contributed by atoms with Crippen molar-refractivity contribution in [2.75, 3.05) is 17.4 Å². The number of nitrogens with one attached hydrogen (secondary N) is 2. The third-order valence-corrected chi connectivity index (χ3v) is 4.44. The van der Waals surface area contributed by atoms with Crippen LogP contribution in [0.15, 0.2) is 60.8 Å². The molecule has 1 amide bonds. The zero-order chi connectivity index (χ0) is 19.3. The zero-order valence-corrected chi connectivity index (χ0v) is 15.6. The van der Waals surface area contributed by atoms with Gasteiger partial charge in [-0.3, -0.25) is 4.79 Å². The molecule has 1 aromatic heterocycles. The lowest BCUT2D eigenvalue weighted by Crippen LogP contribution is -2.14. The fourth-order valence-electron chi connectivity index (χ4n) is 2.91. The Kier molecular flexibility index (Phi) is 5.10. The van der Waals surface area contributed by atoms with Gasteiger partial charge in [0, 0.05) is 6.54 Å². The van der Waals surface area contributed by atoms with Crippen LogP contribution in [0.4, 0.5) is 11.5 Å². The summed E-state index contributed by atoms with van der Waals surface area (Å²) in [5, 5.41) is 6.13. The molecule has 0 atom stereocenters. The highest BCUT2D eigenvalue weighted by Crippen LogP contribution is 2.32. The summed E-state index contributed by atoms with van der Waals surface area (Å²) in [5.74, 6) is 2.20. The number of hydrogen-bond acceptors (Lipinski definition) is 5. The third-order valence-electron chi connectivity index (χ3n) is 4.44. The Bertz CT molecular complexity index is 969. The maximum atomic E-state index is 12.2. The van der Waals surface area contributed by atoms with E-state index in [9.17, 15) is 4.79 Å². The summed E-state index contributed by atoms with van der Waals surface area (Å²) < 4.78 is 10.7. The van der Waals surface area contributed by atoms with Crippen molar-refractivity contribution < 1.29 is 14.3 Å². The molecule has 1 aliphatic rings. The Morgan fingerprint density at radius 2 is 1.79 bits per heavy atom. The Morgan fingerprint density at radius 1 is 1.00 bits per heavy atom. The highest BCUT2D eigenvalue weighted by Gasteiger charge is 2.13. The standard InChI is InChI=1S/C22H21N3O3/c1-15-2-4-16(5-3-15)11-22(26)25-18-7-9-21(24-13-18)23-12-17-6-8-19-20(10-17)28-14-27-19/h2-10,13H,11-12,14H2,1H3,(H,23,24)(H,25,26). The number of amides is 1. The molecule has 2 N–H and O–H groups in total. The van der Waals surface area contributed by atoms with Crippen LogP contribution in [0, 0.1) is 6.92 Å². The zero-order valence-electron chi connectivity index (χ0n) is 15.6. The van der Waals surface area contributed by atoms with Crippen LogP contribution >= 0.6 is 0 Å². The van der Waals surface area contributed by atoms with E-state index in [0.29, 0.717) is 18.7 Å². The SMILES string of the molecule is Cc1ccc(CC(=O)Nc2ccc(NCc3ccc4c(c3)OCO4)nc2)cc1. The van der Waals surface area contributed by atoms with Crippen molar-refractivity contribution >= 4 is 17.4 Å². The van der Waals surface area contributed by atoms with E-state index in [1.54, 1.807) is 6.20 Å². The number of nitrogens with zero attached hydrogens (tertiary/aromatic N) is 1. The summed E-state index contributed by atoms with van der Waals surface area (Å²) in [6.45, 7) is 2.91. The van der Waals surface area contributed by atoms with E-state index in [0.717, 1.165) is 28.4 Å². The average molecular weight is 375 g/mol. The molecular formula is C22H21N3O3. The van der Waals surface area contributed by atoms with Gasteiger partial charge in [-0.25, -0.2) is 4.98 Å². The number of hydrogen-bond donors (Lipinski definition) is 2. The average Bonchev–Trinajstić information content (AvgIpc) is 3.17. The first kappa shape index (κ1) is 17.9. The van der Waals surface area contributed by atoms with Gasteiger partial charge in [-0.2, -0.15) is 0 Å². The number of carbonyl (C=O) groups is 1. The van der Waals surface area contributed by atoms with Gasteiger partial charge >= 0.3 is 0 Å². The smallest absolute Gasteiger partial charge is 0.231 e. The Hall–Kier alpha value is -3.54. The molecule has 0 fully saturated rings. The van der Waals surface area contributed by atoms with Gasteiger partial charge in [0.25, 0.3) is 0 Å². The number of aryl methyl sites for hydroxylation is 1. The largest absolute Gasteiger partial charge is 0.454 e. The van der Waals surface area contributed by atoms with Gasteiger partial charge < -0.3 is 20.1 Å². The van der Waals surface area contributed by atoms with Gasteiger partial charge in [-0.1, -0.05) is 35.9 Å². The number of carbonyl (C=O) groups excluding carboxylic acids is 1. The van der Waals surface area contributed by atoms with Crippen molar-refractivity contribution in [3.8, 4) is 11.5 Å². The maximum absolute atomic E-state index is 12.2. The van der Waals surface area contributed by atoms with Crippen molar-refractivity contribution in [3.05, 3.63) is 77.5 Å². The first-order valence-corrected chi connectivity index (χ1v) is 9.09. The Morgan fingerprint density at radius 3 is 2.57 bits per heavy atom. The highest BCUT2D eigenvalue weighted by molar-refractivity contribution is 5.92. The highest BCUT2D eigenvalue weighted by atomic mass is 16.7. The van der Waals surface area contributed by atoms with Gasteiger partial charge in [0.05, 0.1) is 18.3 Å². The van der Waals surface area contributed by atoms with E-state index in [1.165, 1.54) is 5.56 Å². The van der Waals surface area contributed by atoms with Crippen LogP contribution in [0.5, 0.6) is 11.5 Å². The number of benzene rings is 2. The minimum absolute atomic E-state index is 0.0632. The van der Waals surface area contributed by atoms with Crippen LogP contribution in [0.1, 0.15) is 16.7 Å². The quantitative estimate of drug-likeness (QED) is 0.683. The monoisotopic (exact) mass is 375 g/mol. The molecule has 6 heteroatoms. The molecule has 0 saturated carbocycles. The van der Waals surface area contributed by atoms with Gasteiger partial charge in [-0.15, -0.1) is 0 Å². The number of ether oxygens (including phenoxy) is 2. The maximum Gasteiger partial charge on any atom is 0.231 e. The Labute approximate surface area is 163 Å². The predicted octanol–water partition coefficient (Wildman–Crippen LogP) is 3.91. The topological polar surface area (TPSA) is 72.5 Å². The number of pyridine rings is 1. The summed E-state index contributed by atoms with van der Waals surface area (Å²) in [4.78, 5) is 16.5. The van der Waals surface area contributed by atoms with Crippen molar-refractivity contribution in [2.45, 2.75) is 19.9 Å².